The Labute approximate surface area is 143 Å². The van der Waals surface area contributed by atoms with Gasteiger partial charge in [0.2, 0.25) is 0 Å². The van der Waals surface area contributed by atoms with Crippen LogP contribution in [0.2, 0.25) is 0 Å². The molecule has 2 aliphatic heterocycles. The summed E-state index contributed by atoms with van der Waals surface area (Å²) in [5.74, 6) is 2.93. The van der Waals surface area contributed by atoms with Gasteiger partial charge in [-0.15, -0.1) is 0 Å². The van der Waals surface area contributed by atoms with Gasteiger partial charge in [-0.05, 0) is 6.07 Å². The average Bonchev–Trinajstić information content (AvgIpc) is 3.30. The summed E-state index contributed by atoms with van der Waals surface area (Å²) in [7, 11) is 1.69. The fraction of sp³-hybridized carbons (Fsp3) is 0.438. The molecule has 2 saturated heterocycles. The molecule has 0 bridgehead atoms. The monoisotopic (exact) mass is 338 g/mol. The van der Waals surface area contributed by atoms with Gasteiger partial charge in [-0.25, -0.2) is 19.6 Å². The van der Waals surface area contributed by atoms with Gasteiger partial charge in [-0.3, -0.25) is 4.79 Å². The smallest absolute Gasteiger partial charge is 0.266 e. The van der Waals surface area contributed by atoms with E-state index in [0.717, 1.165) is 43.3 Å². The van der Waals surface area contributed by atoms with Crippen molar-refractivity contribution in [2.75, 3.05) is 36.0 Å². The first-order valence-electron chi connectivity index (χ1n) is 8.37. The van der Waals surface area contributed by atoms with Gasteiger partial charge in [0.1, 0.15) is 17.7 Å². The third kappa shape index (κ3) is 2.26. The van der Waals surface area contributed by atoms with Gasteiger partial charge in [0, 0.05) is 51.1 Å². The lowest BCUT2D eigenvalue weighted by Crippen LogP contribution is -2.31. The van der Waals surface area contributed by atoms with Crippen molar-refractivity contribution in [3.05, 3.63) is 35.1 Å². The molecule has 0 radical (unpaired) electrons. The number of fused-ring (bicyclic) bond motifs is 2. The van der Waals surface area contributed by atoms with E-state index >= 15 is 0 Å². The minimum absolute atomic E-state index is 0.0818. The molecule has 2 atom stereocenters. The molecule has 0 amide bonds. The number of hydrogen-bond donors (Lipinski definition) is 1. The van der Waals surface area contributed by atoms with Crippen molar-refractivity contribution in [2.24, 2.45) is 18.9 Å². The lowest BCUT2D eigenvalue weighted by Gasteiger charge is -2.23. The Kier molecular flexibility index (Phi) is 3.03. The van der Waals surface area contributed by atoms with E-state index < -0.39 is 0 Å². The lowest BCUT2D eigenvalue weighted by molar-refractivity contribution is 0.533. The Morgan fingerprint density at radius 1 is 1.04 bits per heavy atom. The topological polar surface area (TPSA) is 95.8 Å². The Hall–Kier alpha value is -2.97. The van der Waals surface area contributed by atoms with Crippen molar-refractivity contribution in [1.82, 2.24) is 29.7 Å². The van der Waals surface area contributed by atoms with E-state index in [-0.39, 0.29) is 5.56 Å². The molecular formula is C16H18N8O. The molecule has 0 saturated carbocycles. The fourth-order valence-electron chi connectivity index (χ4n) is 4.00. The summed E-state index contributed by atoms with van der Waals surface area (Å²) in [6.07, 6.45) is 3.24. The minimum atomic E-state index is -0.0818. The summed E-state index contributed by atoms with van der Waals surface area (Å²) in [5, 5.41) is 4.38. The van der Waals surface area contributed by atoms with Crippen LogP contribution in [0, 0.1) is 11.8 Å². The Balaban J connectivity index is 1.36. The molecule has 9 heteroatoms. The zero-order chi connectivity index (χ0) is 17.0. The van der Waals surface area contributed by atoms with Crippen molar-refractivity contribution < 1.29 is 0 Å². The average molecular weight is 338 g/mol. The molecule has 2 fully saturated rings. The van der Waals surface area contributed by atoms with Crippen LogP contribution < -0.4 is 15.4 Å². The zero-order valence-electron chi connectivity index (χ0n) is 13.8. The SMILES string of the molecule is Cn1nc(N2CC3CN(c4ncnc5nc[nH]c45)CC3C2)ccc1=O. The van der Waals surface area contributed by atoms with Crippen molar-refractivity contribution in [1.29, 1.82) is 0 Å². The standard InChI is InChI=1S/C16H18N8O/c1-22-13(25)3-2-12(21-22)23-4-10-6-24(7-11(10)5-23)16-14-15(18-8-17-14)19-9-20-16/h2-3,8-11H,4-7H2,1H3,(H,17,18,19,20). The number of aryl methyl sites for hydroxylation is 1. The first kappa shape index (κ1) is 14.4. The largest absolute Gasteiger partial charge is 0.354 e. The number of imidazole rings is 1. The maximum atomic E-state index is 11.5. The summed E-state index contributed by atoms with van der Waals surface area (Å²) in [5.41, 5.74) is 1.53. The van der Waals surface area contributed by atoms with E-state index in [4.69, 9.17) is 0 Å². The van der Waals surface area contributed by atoms with Gasteiger partial charge in [-0.2, -0.15) is 5.10 Å². The third-order valence-corrected chi connectivity index (χ3v) is 5.26. The van der Waals surface area contributed by atoms with Gasteiger partial charge in [0.05, 0.1) is 6.33 Å². The van der Waals surface area contributed by atoms with Gasteiger partial charge in [0.15, 0.2) is 11.5 Å². The molecule has 0 spiro atoms. The number of hydrogen-bond acceptors (Lipinski definition) is 7. The van der Waals surface area contributed by atoms with Crippen molar-refractivity contribution in [3.8, 4) is 0 Å². The van der Waals surface area contributed by atoms with E-state index in [1.807, 2.05) is 6.07 Å². The molecule has 5 heterocycles. The molecule has 128 valence electrons. The first-order chi connectivity index (χ1) is 12.2. The summed E-state index contributed by atoms with van der Waals surface area (Å²) < 4.78 is 1.39. The maximum absolute atomic E-state index is 11.5. The summed E-state index contributed by atoms with van der Waals surface area (Å²) >= 11 is 0. The molecule has 9 nitrogen and oxygen atoms in total. The molecule has 25 heavy (non-hydrogen) atoms. The quantitative estimate of drug-likeness (QED) is 0.703. The van der Waals surface area contributed by atoms with Gasteiger partial charge in [0.25, 0.3) is 5.56 Å². The highest BCUT2D eigenvalue weighted by Gasteiger charge is 2.41. The van der Waals surface area contributed by atoms with Crippen LogP contribution in [0.25, 0.3) is 11.2 Å². The first-order valence-corrected chi connectivity index (χ1v) is 8.37. The summed E-state index contributed by atoms with van der Waals surface area (Å²) in [4.78, 5) is 32.1. The lowest BCUT2D eigenvalue weighted by atomic mass is 10.0. The molecule has 0 aliphatic carbocycles. The van der Waals surface area contributed by atoms with Crippen LogP contribution in [0.4, 0.5) is 11.6 Å². The maximum Gasteiger partial charge on any atom is 0.266 e. The van der Waals surface area contributed by atoms with Crippen molar-refractivity contribution in [3.63, 3.8) is 0 Å². The normalized spacial score (nSPS) is 22.8. The molecule has 3 aromatic rings. The Morgan fingerprint density at radius 2 is 1.80 bits per heavy atom. The van der Waals surface area contributed by atoms with E-state index in [1.54, 1.807) is 25.8 Å². The Bertz CT molecular complexity index is 981. The number of nitrogens with zero attached hydrogens (tertiary/aromatic N) is 7. The Morgan fingerprint density at radius 3 is 2.56 bits per heavy atom. The predicted molar refractivity (Wildman–Crippen MR) is 92.6 cm³/mol. The third-order valence-electron chi connectivity index (χ3n) is 5.26. The second kappa shape index (κ2) is 5.27. The van der Waals surface area contributed by atoms with Crippen LogP contribution in [-0.4, -0.2) is 55.9 Å². The molecule has 1 N–H and O–H groups in total. The minimum Gasteiger partial charge on any atom is -0.354 e. The van der Waals surface area contributed by atoms with E-state index in [1.165, 1.54) is 4.68 Å². The molecule has 2 unspecified atom stereocenters. The van der Waals surface area contributed by atoms with E-state index in [2.05, 4.69) is 34.8 Å². The van der Waals surface area contributed by atoms with Crippen LogP contribution in [0.15, 0.2) is 29.6 Å². The summed E-state index contributed by atoms with van der Waals surface area (Å²) in [6.45, 7) is 3.81. The van der Waals surface area contributed by atoms with Crippen LogP contribution in [-0.2, 0) is 7.05 Å². The number of nitrogens with one attached hydrogen (secondary N) is 1. The van der Waals surface area contributed by atoms with Gasteiger partial charge in [-0.1, -0.05) is 0 Å². The van der Waals surface area contributed by atoms with Crippen LogP contribution in [0.1, 0.15) is 0 Å². The molecule has 3 aromatic heterocycles. The number of aromatic nitrogens is 6. The van der Waals surface area contributed by atoms with Gasteiger partial charge < -0.3 is 14.8 Å². The number of aromatic amines is 1. The molecule has 0 aromatic carbocycles. The van der Waals surface area contributed by atoms with E-state index in [0.29, 0.717) is 17.5 Å². The predicted octanol–water partition coefficient (Wildman–Crippen LogP) is 0.0192. The van der Waals surface area contributed by atoms with Gasteiger partial charge >= 0.3 is 0 Å². The summed E-state index contributed by atoms with van der Waals surface area (Å²) in [6, 6.07) is 3.40. The highest BCUT2D eigenvalue weighted by Crippen LogP contribution is 2.36. The van der Waals surface area contributed by atoms with Crippen molar-refractivity contribution >= 4 is 22.8 Å². The molecule has 5 rings (SSSR count). The van der Waals surface area contributed by atoms with Crippen LogP contribution in [0.3, 0.4) is 0 Å². The number of anilines is 2. The van der Waals surface area contributed by atoms with Crippen LogP contribution in [0.5, 0.6) is 0 Å². The highest BCUT2D eigenvalue weighted by molar-refractivity contribution is 5.82. The second-order valence-electron chi connectivity index (χ2n) is 6.78. The van der Waals surface area contributed by atoms with Crippen molar-refractivity contribution in [2.45, 2.75) is 0 Å². The highest BCUT2D eigenvalue weighted by atomic mass is 16.1. The number of rotatable bonds is 2. The second-order valence-corrected chi connectivity index (χ2v) is 6.78. The zero-order valence-corrected chi connectivity index (χ0v) is 13.8. The fourth-order valence-corrected chi connectivity index (χ4v) is 4.00. The number of H-pyrrole nitrogens is 1. The molecular weight excluding hydrogens is 320 g/mol. The van der Waals surface area contributed by atoms with E-state index in [9.17, 15) is 4.79 Å². The van der Waals surface area contributed by atoms with Crippen LogP contribution >= 0.6 is 0 Å². The molecule has 2 aliphatic rings.